The minimum atomic E-state index is -0.500. The number of nitro groups is 1. The molecular weight excluding hydrogens is 226 g/mol. The topological polar surface area (TPSA) is 87.3 Å². The third-order valence-corrected chi connectivity index (χ3v) is 2.40. The summed E-state index contributed by atoms with van der Waals surface area (Å²) >= 11 is 0. The highest BCUT2D eigenvalue weighted by molar-refractivity contribution is 5.66. The molecule has 17 heavy (non-hydrogen) atoms. The maximum absolute atomic E-state index is 10.9. The van der Waals surface area contributed by atoms with Gasteiger partial charge in [0.2, 0.25) is 0 Å². The molecule has 0 aliphatic heterocycles. The Bertz CT molecular complexity index is 427. The summed E-state index contributed by atoms with van der Waals surface area (Å²) in [5.41, 5.74) is 0. The van der Waals surface area contributed by atoms with E-state index in [9.17, 15) is 14.9 Å². The number of esters is 1. The summed E-state index contributed by atoms with van der Waals surface area (Å²) in [6.07, 6.45) is 1.42. The van der Waals surface area contributed by atoms with Crippen molar-refractivity contribution < 1.29 is 14.5 Å². The second-order valence-corrected chi connectivity index (χ2v) is 3.67. The number of nitrogens with zero attached hydrogens (tertiary/aromatic N) is 3. The summed E-state index contributed by atoms with van der Waals surface area (Å²) in [6, 6.07) is 0. The first-order chi connectivity index (χ1) is 7.95. The van der Waals surface area contributed by atoms with Crippen LogP contribution in [0, 0.1) is 17.0 Å². The molecule has 0 N–H and O–H groups in total. The van der Waals surface area contributed by atoms with Crippen LogP contribution in [-0.4, -0.2) is 26.5 Å². The average Bonchev–Trinajstić information content (AvgIpc) is 2.59. The van der Waals surface area contributed by atoms with Crippen molar-refractivity contribution >= 4 is 11.8 Å². The molecule has 0 saturated heterocycles. The Kier molecular flexibility index (Phi) is 4.19. The minimum Gasteiger partial charge on any atom is -0.458 e. The predicted molar refractivity (Wildman–Crippen MR) is 59.5 cm³/mol. The molecule has 7 nitrogen and oxygen atoms in total. The standard InChI is InChI=1S/C10H15N3O4/c1-4-9(17-8(3)14)6-12-7(2)11-5-10(12)13(15)16/h5,9H,4,6H2,1-3H3. The van der Waals surface area contributed by atoms with E-state index in [1.807, 2.05) is 6.92 Å². The zero-order valence-corrected chi connectivity index (χ0v) is 10.0. The SMILES string of the molecule is CCC(Cn1c([N+](=O)[O-])cnc1C)OC(C)=O. The monoisotopic (exact) mass is 241 g/mol. The van der Waals surface area contributed by atoms with E-state index in [1.165, 1.54) is 17.7 Å². The van der Waals surface area contributed by atoms with Crippen LogP contribution in [0.2, 0.25) is 0 Å². The van der Waals surface area contributed by atoms with E-state index in [2.05, 4.69) is 4.98 Å². The molecule has 0 saturated carbocycles. The first-order valence-corrected chi connectivity index (χ1v) is 5.29. The lowest BCUT2D eigenvalue weighted by atomic mass is 10.2. The third kappa shape index (κ3) is 3.27. The van der Waals surface area contributed by atoms with Crippen molar-refractivity contribution in [3.8, 4) is 0 Å². The highest BCUT2D eigenvalue weighted by atomic mass is 16.6. The lowest BCUT2D eigenvalue weighted by Gasteiger charge is -2.14. The lowest BCUT2D eigenvalue weighted by molar-refractivity contribution is -0.392. The van der Waals surface area contributed by atoms with Gasteiger partial charge in [-0.2, -0.15) is 0 Å². The molecule has 0 aliphatic carbocycles. The fraction of sp³-hybridized carbons (Fsp3) is 0.600. The van der Waals surface area contributed by atoms with Crippen molar-refractivity contribution in [3.05, 3.63) is 22.1 Å². The second kappa shape index (κ2) is 5.42. The Morgan fingerprint density at radius 1 is 1.71 bits per heavy atom. The van der Waals surface area contributed by atoms with E-state index in [0.717, 1.165) is 0 Å². The number of imidazole rings is 1. The van der Waals surface area contributed by atoms with E-state index in [-0.39, 0.29) is 18.5 Å². The number of aryl methyl sites for hydroxylation is 1. The van der Waals surface area contributed by atoms with Crippen molar-refractivity contribution in [2.45, 2.75) is 39.8 Å². The number of hydrogen-bond acceptors (Lipinski definition) is 5. The molecule has 1 heterocycles. The van der Waals surface area contributed by atoms with Gasteiger partial charge in [0.1, 0.15) is 18.8 Å². The molecule has 0 amide bonds. The quantitative estimate of drug-likeness (QED) is 0.442. The van der Waals surface area contributed by atoms with E-state index in [0.29, 0.717) is 12.2 Å². The molecule has 1 unspecified atom stereocenters. The van der Waals surface area contributed by atoms with Crippen molar-refractivity contribution in [1.29, 1.82) is 0 Å². The highest BCUT2D eigenvalue weighted by Crippen LogP contribution is 2.16. The zero-order chi connectivity index (χ0) is 13.0. The first kappa shape index (κ1) is 13.1. The largest absolute Gasteiger partial charge is 0.458 e. The van der Waals surface area contributed by atoms with Crippen LogP contribution in [0.25, 0.3) is 0 Å². The second-order valence-electron chi connectivity index (χ2n) is 3.67. The molecule has 0 aromatic carbocycles. The summed E-state index contributed by atoms with van der Waals surface area (Å²) in [5, 5.41) is 10.8. The Morgan fingerprint density at radius 3 is 2.82 bits per heavy atom. The van der Waals surface area contributed by atoms with Gasteiger partial charge in [-0.3, -0.25) is 4.79 Å². The molecule has 94 valence electrons. The molecule has 0 aliphatic rings. The highest BCUT2D eigenvalue weighted by Gasteiger charge is 2.22. The number of aromatic nitrogens is 2. The maximum Gasteiger partial charge on any atom is 0.342 e. The van der Waals surface area contributed by atoms with Gasteiger partial charge in [0.25, 0.3) is 0 Å². The molecule has 1 aromatic rings. The van der Waals surface area contributed by atoms with E-state index in [1.54, 1.807) is 6.92 Å². The van der Waals surface area contributed by atoms with Crippen LogP contribution in [-0.2, 0) is 16.1 Å². The Morgan fingerprint density at radius 2 is 2.35 bits per heavy atom. The number of hydrogen-bond donors (Lipinski definition) is 0. The van der Waals surface area contributed by atoms with Crippen LogP contribution in [0.1, 0.15) is 26.1 Å². The number of ether oxygens (including phenoxy) is 1. The van der Waals surface area contributed by atoms with Gasteiger partial charge in [-0.25, -0.2) is 9.55 Å². The fourth-order valence-corrected chi connectivity index (χ4v) is 1.52. The molecule has 1 rings (SSSR count). The third-order valence-electron chi connectivity index (χ3n) is 2.40. The van der Waals surface area contributed by atoms with Crippen LogP contribution < -0.4 is 0 Å². The summed E-state index contributed by atoms with van der Waals surface area (Å²) in [5.74, 6) is 0.0488. The zero-order valence-electron chi connectivity index (χ0n) is 10.0. The van der Waals surface area contributed by atoms with Gasteiger partial charge >= 0.3 is 11.8 Å². The van der Waals surface area contributed by atoms with E-state index in [4.69, 9.17) is 4.74 Å². The van der Waals surface area contributed by atoms with Crippen LogP contribution in [0.4, 0.5) is 5.82 Å². The molecule has 1 aromatic heterocycles. The Balaban J connectivity index is 2.88. The van der Waals surface area contributed by atoms with Gasteiger partial charge in [-0.05, 0) is 11.3 Å². The van der Waals surface area contributed by atoms with Gasteiger partial charge < -0.3 is 14.9 Å². The lowest BCUT2D eigenvalue weighted by Crippen LogP contribution is -2.23. The molecule has 0 spiro atoms. The summed E-state index contributed by atoms with van der Waals surface area (Å²) in [6.45, 7) is 5.09. The molecule has 1 atom stereocenters. The first-order valence-electron chi connectivity index (χ1n) is 5.29. The fourth-order valence-electron chi connectivity index (χ4n) is 1.52. The molecule has 0 bridgehead atoms. The molecule has 0 fully saturated rings. The van der Waals surface area contributed by atoms with Gasteiger partial charge in [-0.1, -0.05) is 6.92 Å². The summed E-state index contributed by atoms with van der Waals surface area (Å²) in [7, 11) is 0. The maximum atomic E-state index is 10.9. The predicted octanol–water partition coefficient (Wildman–Crippen LogP) is 1.44. The average molecular weight is 241 g/mol. The molecular formula is C10H15N3O4. The van der Waals surface area contributed by atoms with Crippen molar-refractivity contribution in [2.75, 3.05) is 0 Å². The van der Waals surface area contributed by atoms with E-state index < -0.39 is 10.9 Å². The van der Waals surface area contributed by atoms with Crippen molar-refractivity contribution in [2.24, 2.45) is 0 Å². The number of rotatable bonds is 5. The molecule has 0 radical (unpaired) electrons. The van der Waals surface area contributed by atoms with Gasteiger partial charge in [0.15, 0.2) is 5.82 Å². The Labute approximate surface area is 98.6 Å². The Hall–Kier alpha value is -1.92. The van der Waals surface area contributed by atoms with Crippen molar-refractivity contribution in [1.82, 2.24) is 9.55 Å². The van der Waals surface area contributed by atoms with Crippen LogP contribution in [0.15, 0.2) is 6.20 Å². The normalized spacial score (nSPS) is 12.2. The summed E-state index contributed by atoms with van der Waals surface area (Å²) < 4.78 is 6.49. The van der Waals surface area contributed by atoms with E-state index >= 15 is 0 Å². The van der Waals surface area contributed by atoms with Crippen molar-refractivity contribution in [3.63, 3.8) is 0 Å². The number of carbonyl (C=O) groups excluding carboxylic acids is 1. The van der Waals surface area contributed by atoms with Gasteiger partial charge in [0.05, 0.1) is 0 Å². The summed E-state index contributed by atoms with van der Waals surface area (Å²) in [4.78, 5) is 25.0. The molecule has 7 heteroatoms. The minimum absolute atomic E-state index is 0.0897. The smallest absolute Gasteiger partial charge is 0.342 e. The van der Waals surface area contributed by atoms with Gasteiger partial charge in [0, 0.05) is 13.8 Å². The number of carbonyl (C=O) groups is 1. The van der Waals surface area contributed by atoms with Crippen LogP contribution in [0.3, 0.4) is 0 Å². The van der Waals surface area contributed by atoms with Crippen LogP contribution in [0.5, 0.6) is 0 Å². The van der Waals surface area contributed by atoms with Gasteiger partial charge in [-0.15, -0.1) is 0 Å². The van der Waals surface area contributed by atoms with Crippen LogP contribution >= 0.6 is 0 Å².